The van der Waals surface area contributed by atoms with Crippen LogP contribution in [0.2, 0.25) is 0 Å². The number of hydrogen-bond acceptors (Lipinski definition) is 8. The number of fused-ring (bicyclic) bond motifs is 1. The van der Waals surface area contributed by atoms with Crippen LogP contribution in [0.3, 0.4) is 0 Å². The smallest absolute Gasteiger partial charge is 0.269 e. The number of hydrogen-bond donors (Lipinski definition) is 0. The molecule has 2 aliphatic heterocycles. The maximum absolute atomic E-state index is 14.1. The summed E-state index contributed by atoms with van der Waals surface area (Å²) in [6.07, 6.45) is 5.57. The molecule has 4 heterocycles. The number of aryl methyl sites for hydroxylation is 1. The lowest BCUT2D eigenvalue weighted by Gasteiger charge is -2.38. The van der Waals surface area contributed by atoms with Gasteiger partial charge in [-0.2, -0.15) is 0 Å². The fourth-order valence-corrected chi connectivity index (χ4v) is 8.66. The van der Waals surface area contributed by atoms with Gasteiger partial charge in [0.2, 0.25) is 0 Å². The number of likely N-dealkylation sites (tertiary alicyclic amines) is 2. The van der Waals surface area contributed by atoms with Crippen LogP contribution in [0.15, 0.2) is 90.1 Å². The average Bonchev–Trinajstić information content (AvgIpc) is 3.51. The lowest BCUT2D eigenvalue weighted by molar-refractivity contribution is 0.0601. The summed E-state index contributed by atoms with van der Waals surface area (Å²) in [6.45, 7) is 7.53. The summed E-state index contributed by atoms with van der Waals surface area (Å²) >= 11 is 0. The number of piperidine rings is 1. The van der Waals surface area contributed by atoms with Crippen LogP contribution in [0.1, 0.15) is 40.2 Å². The Hall–Kier alpha value is -4.35. The summed E-state index contributed by atoms with van der Waals surface area (Å²) in [7, 11) is 4.04. The molecule has 0 amide bonds. The molecule has 9 nitrogen and oxygen atoms in total. The number of nitrogens with zero attached hydrogens (tertiary/aromatic N) is 5. The van der Waals surface area contributed by atoms with Crippen molar-refractivity contribution in [3.8, 4) is 28.0 Å². The lowest BCUT2D eigenvalue weighted by Crippen LogP contribution is -2.52. The molecule has 0 aliphatic carbocycles. The fourth-order valence-electron chi connectivity index (χ4n) is 7.33. The minimum atomic E-state index is -3.95. The second kappa shape index (κ2) is 14.3. The molecule has 0 bridgehead atoms. The summed E-state index contributed by atoms with van der Waals surface area (Å²) in [4.78, 5) is 25.1. The summed E-state index contributed by atoms with van der Waals surface area (Å²) < 4.78 is 35.3. The third kappa shape index (κ3) is 7.10. The number of carbonyl (C=O) groups is 1. The third-order valence-corrected chi connectivity index (χ3v) is 12.3. The van der Waals surface area contributed by atoms with E-state index in [0.29, 0.717) is 22.5 Å². The monoisotopic (exact) mass is 705 g/mol. The zero-order valence-corrected chi connectivity index (χ0v) is 31.0. The Balaban J connectivity index is 1.24. The molecule has 0 spiro atoms. The Morgan fingerprint density at radius 2 is 1.61 bits per heavy atom. The second-order valence-electron chi connectivity index (χ2n) is 14.5. The highest BCUT2D eigenvalue weighted by molar-refractivity contribution is 7.90. The van der Waals surface area contributed by atoms with Gasteiger partial charge >= 0.3 is 0 Å². The van der Waals surface area contributed by atoms with Crippen molar-refractivity contribution in [1.82, 2.24) is 23.7 Å². The van der Waals surface area contributed by atoms with Gasteiger partial charge < -0.3 is 19.4 Å². The standard InChI is InChI=1S/C41H47N5O4S/c1-28-6-13-35(14-7-28)51(48,49)46-27-38(29-8-10-31(11-9-29)40(47)34-25-45(26-34)21-20-43(2)3)37-22-33(24-42-41(37)46)32-12-15-36(39(23-32)50-5)30-16-18-44(4)19-17-30/h6-15,22-24,27,30,34H,16-21,25-26H2,1-5H3. The van der Waals surface area contributed by atoms with E-state index in [4.69, 9.17) is 9.72 Å². The van der Waals surface area contributed by atoms with Gasteiger partial charge in [0.15, 0.2) is 11.4 Å². The first-order chi connectivity index (χ1) is 24.5. The van der Waals surface area contributed by atoms with E-state index in [9.17, 15) is 13.2 Å². The number of methoxy groups -OCH3 is 1. The number of ether oxygens (including phenoxy) is 1. The van der Waals surface area contributed by atoms with Crippen molar-refractivity contribution in [3.63, 3.8) is 0 Å². The number of aromatic nitrogens is 2. The molecule has 0 saturated carbocycles. The predicted octanol–water partition coefficient (Wildman–Crippen LogP) is 6.41. The van der Waals surface area contributed by atoms with Crippen LogP contribution in [-0.2, 0) is 10.0 Å². The lowest BCUT2D eigenvalue weighted by atomic mass is 9.88. The predicted molar refractivity (Wildman–Crippen MR) is 203 cm³/mol. The van der Waals surface area contributed by atoms with Crippen molar-refractivity contribution in [3.05, 3.63) is 102 Å². The molecule has 0 atom stereocenters. The van der Waals surface area contributed by atoms with Gasteiger partial charge in [0, 0.05) is 66.6 Å². The molecule has 3 aromatic carbocycles. The Morgan fingerprint density at radius 3 is 2.27 bits per heavy atom. The van der Waals surface area contributed by atoms with Gasteiger partial charge in [0.05, 0.1) is 12.0 Å². The minimum Gasteiger partial charge on any atom is -0.496 e. The largest absolute Gasteiger partial charge is 0.496 e. The Labute approximate surface area is 301 Å². The highest BCUT2D eigenvalue weighted by Crippen LogP contribution is 2.39. The van der Waals surface area contributed by atoms with Crippen LogP contribution in [-0.4, -0.2) is 105 Å². The van der Waals surface area contributed by atoms with Crippen LogP contribution >= 0.6 is 0 Å². The molecule has 2 fully saturated rings. The van der Waals surface area contributed by atoms with Gasteiger partial charge in [-0.05, 0) is 101 Å². The molecular formula is C41H47N5O4S. The van der Waals surface area contributed by atoms with E-state index in [1.165, 1.54) is 9.54 Å². The Bertz CT molecular complexity index is 2150. The highest BCUT2D eigenvalue weighted by atomic mass is 32.2. The quantitative estimate of drug-likeness (QED) is 0.146. The summed E-state index contributed by atoms with van der Waals surface area (Å²) in [5, 5.41) is 0.705. The Kier molecular flexibility index (Phi) is 9.86. The van der Waals surface area contributed by atoms with Gasteiger partial charge in [-0.1, -0.05) is 54.1 Å². The van der Waals surface area contributed by atoms with Gasteiger partial charge in [0.25, 0.3) is 10.0 Å². The zero-order chi connectivity index (χ0) is 35.9. The van der Waals surface area contributed by atoms with Gasteiger partial charge in [-0.25, -0.2) is 17.4 Å². The first-order valence-electron chi connectivity index (χ1n) is 17.7. The van der Waals surface area contributed by atoms with Gasteiger partial charge in [0.1, 0.15) is 5.75 Å². The number of ketones is 1. The van der Waals surface area contributed by atoms with E-state index in [2.05, 4.69) is 54.0 Å². The summed E-state index contributed by atoms with van der Waals surface area (Å²) in [5.41, 5.74) is 6.55. The number of pyridine rings is 1. The van der Waals surface area contributed by atoms with Crippen molar-refractivity contribution in [2.75, 3.05) is 67.5 Å². The maximum atomic E-state index is 14.1. The van der Waals surface area contributed by atoms with E-state index in [-0.39, 0.29) is 16.6 Å². The zero-order valence-electron chi connectivity index (χ0n) is 30.2. The van der Waals surface area contributed by atoms with Crippen LogP contribution in [0.5, 0.6) is 5.75 Å². The first-order valence-corrected chi connectivity index (χ1v) is 19.2. The molecule has 0 N–H and O–H groups in total. The van der Waals surface area contributed by atoms with Crippen LogP contribution < -0.4 is 4.74 Å². The molecule has 2 saturated heterocycles. The molecule has 0 radical (unpaired) electrons. The Morgan fingerprint density at radius 1 is 0.922 bits per heavy atom. The molecule has 10 heteroatoms. The van der Waals surface area contributed by atoms with E-state index in [1.54, 1.807) is 43.8 Å². The van der Waals surface area contributed by atoms with Crippen molar-refractivity contribution in [1.29, 1.82) is 0 Å². The average molecular weight is 706 g/mol. The molecule has 7 rings (SSSR count). The number of benzene rings is 3. The van der Waals surface area contributed by atoms with Crippen LogP contribution in [0.4, 0.5) is 0 Å². The van der Waals surface area contributed by atoms with Crippen molar-refractivity contribution in [2.45, 2.75) is 30.6 Å². The normalized spacial score (nSPS) is 16.5. The number of carbonyl (C=O) groups excluding carboxylic acids is 1. The molecule has 5 aromatic rings. The first kappa shape index (κ1) is 35.1. The number of Topliss-reactive ketones (excluding diaryl/α,β-unsaturated/α-hetero) is 1. The van der Waals surface area contributed by atoms with Crippen molar-refractivity contribution >= 4 is 26.8 Å². The third-order valence-electron chi connectivity index (χ3n) is 10.6. The van der Waals surface area contributed by atoms with Gasteiger partial charge in [-0.15, -0.1) is 0 Å². The van der Waals surface area contributed by atoms with E-state index < -0.39 is 10.0 Å². The van der Waals surface area contributed by atoms with E-state index in [0.717, 1.165) is 85.7 Å². The van der Waals surface area contributed by atoms with Gasteiger partial charge in [-0.3, -0.25) is 4.79 Å². The SMILES string of the molecule is COc1cc(-c2cnc3c(c2)c(-c2ccc(C(=O)C4CN(CCN(C)C)C4)cc2)cn3S(=O)(=O)c2ccc(C)cc2)ccc1C1CCN(C)CC1. The summed E-state index contributed by atoms with van der Waals surface area (Å²) in [5.74, 6) is 1.44. The molecule has 51 heavy (non-hydrogen) atoms. The molecule has 266 valence electrons. The van der Waals surface area contributed by atoms with E-state index >= 15 is 0 Å². The topological polar surface area (TPSA) is 88.0 Å². The van der Waals surface area contributed by atoms with E-state index in [1.807, 2.05) is 37.3 Å². The minimum absolute atomic E-state index is 0.00540. The molecule has 0 unspecified atom stereocenters. The number of rotatable bonds is 11. The molecule has 2 aromatic heterocycles. The van der Waals surface area contributed by atoms with Crippen molar-refractivity contribution < 1.29 is 17.9 Å². The number of likely N-dealkylation sites (N-methyl/N-ethyl adjacent to an activating group) is 1. The van der Waals surface area contributed by atoms with Crippen molar-refractivity contribution in [2.24, 2.45) is 5.92 Å². The fraction of sp³-hybridized carbons (Fsp3) is 0.366. The molecular weight excluding hydrogens is 659 g/mol. The maximum Gasteiger partial charge on any atom is 0.269 e. The van der Waals surface area contributed by atoms with Crippen LogP contribution in [0, 0.1) is 12.8 Å². The molecule has 2 aliphatic rings. The highest BCUT2D eigenvalue weighted by Gasteiger charge is 2.33. The summed E-state index contributed by atoms with van der Waals surface area (Å²) in [6, 6.07) is 22.8. The van der Waals surface area contributed by atoms with Crippen LogP contribution in [0.25, 0.3) is 33.3 Å². The second-order valence-corrected chi connectivity index (χ2v) is 16.3.